The van der Waals surface area contributed by atoms with Crippen molar-refractivity contribution in [1.82, 2.24) is 15.1 Å². The number of nitrogens with zero attached hydrogens (tertiary/aromatic N) is 2. The predicted molar refractivity (Wildman–Crippen MR) is 67.8 cm³/mol. The Kier molecular flexibility index (Phi) is 3.84. The van der Waals surface area contributed by atoms with Crippen molar-refractivity contribution >= 4 is 0 Å². The average Bonchev–Trinajstić information content (AvgIpc) is 2.63. The van der Waals surface area contributed by atoms with Crippen LogP contribution in [0.4, 0.5) is 0 Å². The minimum Gasteiger partial charge on any atom is -0.393 e. The van der Waals surface area contributed by atoms with E-state index >= 15 is 0 Å². The Labute approximate surface area is 103 Å². The van der Waals surface area contributed by atoms with Gasteiger partial charge in [0.2, 0.25) is 0 Å². The van der Waals surface area contributed by atoms with Crippen LogP contribution in [0.2, 0.25) is 0 Å². The minimum absolute atomic E-state index is 0.0801. The van der Waals surface area contributed by atoms with Crippen molar-refractivity contribution in [3.8, 4) is 0 Å². The zero-order chi connectivity index (χ0) is 12.4. The molecule has 1 saturated carbocycles. The summed E-state index contributed by atoms with van der Waals surface area (Å²) in [4.78, 5) is 0. The van der Waals surface area contributed by atoms with Gasteiger partial charge in [-0.1, -0.05) is 0 Å². The van der Waals surface area contributed by atoms with E-state index in [1.807, 2.05) is 17.9 Å². The first-order valence-electron chi connectivity index (χ1n) is 6.50. The van der Waals surface area contributed by atoms with Crippen LogP contribution in [0.25, 0.3) is 0 Å². The molecule has 0 spiro atoms. The molecule has 0 saturated heterocycles. The molecule has 1 heterocycles. The molecule has 0 aliphatic heterocycles. The second-order valence-electron chi connectivity index (χ2n) is 5.20. The molecule has 1 aliphatic carbocycles. The zero-order valence-electron chi connectivity index (χ0n) is 11.0. The first kappa shape index (κ1) is 12.6. The fourth-order valence-corrected chi connectivity index (χ4v) is 2.63. The maximum atomic E-state index is 9.48. The van der Waals surface area contributed by atoms with E-state index in [2.05, 4.69) is 24.3 Å². The number of hydrogen-bond acceptors (Lipinski definition) is 3. The van der Waals surface area contributed by atoms with Gasteiger partial charge < -0.3 is 10.4 Å². The Balaban J connectivity index is 1.93. The van der Waals surface area contributed by atoms with Gasteiger partial charge >= 0.3 is 0 Å². The van der Waals surface area contributed by atoms with Crippen molar-refractivity contribution in [2.75, 3.05) is 0 Å². The second kappa shape index (κ2) is 5.19. The molecule has 1 fully saturated rings. The second-order valence-corrected chi connectivity index (χ2v) is 5.20. The van der Waals surface area contributed by atoms with Crippen LogP contribution >= 0.6 is 0 Å². The Morgan fingerprint density at radius 2 is 2.06 bits per heavy atom. The van der Waals surface area contributed by atoms with Crippen molar-refractivity contribution in [3.63, 3.8) is 0 Å². The van der Waals surface area contributed by atoms with Crippen LogP contribution in [-0.2, 0) is 7.05 Å². The van der Waals surface area contributed by atoms with Crippen LogP contribution < -0.4 is 5.32 Å². The molecular formula is C13H23N3O. The van der Waals surface area contributed by atoms with E-state index in [0.717, 1.165) is 25.7 Å². The molecule has 1 aromatic rings. The molecule has 1 aliphatic rings. The van der Waals surface area contributed by atoms with Crippen molar-refractivity contribution in [2.24, 2.45) is 7.05 Å². The Morgan fingerprint density at radius 3 is 2.59 bits per heavy atom. The minimum atomic E-state index is -0.0801. The number of aliphatic hydroxyl groups is 1. The monoisotopic (exact) mass is 237 g/mol. The Morgan fingerprint density at radius 1 is 1.41 bits per heavy atom. The summed E-state index contributed by atoms with van der Waals surface area (Å²) in [6.45, 7) is 4.29. The molecule has 2 N–H and O–H groups in total. The van der Waals surface area contributed by atoms with E-state index in [-0.39, 0.29) is 6.10 Å². The molecule has 1 aromatic heterocycles. The lowest BCUT2D eigenvalue weighted by Crippen LogP contribution is -2.36. The number of aromatic nitrogens is 2. The van der Waals surface area contributed by atoms with Gasteiger partial charge in [-0.2, -0.15) is 5.10 Å². The summed E-state index contributed by atoms with van der Waals surface area (Å²) < 4.78 is 1.91. The summed E-state index contributed by atoms with van der Waals surface area (Å²) in [6.07, 6.45) is 5.87. The molecule has 17 heavy (non-hydrogen) atoms. The number of hydrogen-bond donors (Lipinski definition) is 2. The average molecular weight is 237 g/mol. The normalized spacial score (nSPS) is 27.1. The van der Waals surface area contributed by atoms with E-state index in [0.29, 0.717) is 12.1 Å². The topological polar surface area (TPSA) is 50.1 Å². The fourth-order valence-electron chi connectivity index (χ4n) is 2.63. The molecule has 0 aromatic carbocycles. The molecule has 4 nitrogen and oxygen atoms in total. The third-order valence-electron chi connectivity index (χ3n) is 3.92. The predicted octanol–water partition coefficient (Wildman–Crippen LogP) is 1.68. The van der Waals surface area contributed by atoms with Gasteiger partial charge in [0.05, 0.1) is 12.3 Å². The molecular weight excluding hydrogens is 214 g/mol. The Hall–Kier alpha value is -0.870. The zero-order valence-corrected chi connectivity index (χ0v) is 11.0. The molecule has 0 bridgehead atoms. The highest BCUT2D eigenvalue weighted by atomic mass is 16.3. The summed E-state index contributed by atoms with van der Waals surface area (Å²) in [5.74, 6) is 0. The van der Waals surface area contributed by atoms with E-state index in [1.54, 1.807) is 0 Å². The molecule has 1 unspecified atom stereocenters. The van der Waals surface area contributed by atoms with E-state index in [9.17, 15) is 5.11 Å². The maximum Gasteiger partial charge on any atom is 0.0541 e. The van der Waals surface area contributed by atoms with Gasteiger partial charge in [-0.25, -0.2) is 0 Å². The van der Waals surface area contributed by atoms with Gasteiger partial charge in [0.25, 0.3) is 0 Å². The summed E-state index contributed by atoms with van der Waals surface area (Å²) in [5, 5.41) is 17.4. The van der Waals surface area contributed by atoms with Crippen LogP contribution in [0.15, 0.2) is 6.20 Å². The standard InChI is InChI=1S/C13H23N3O/c1-9(13-8-14-16(3)10(13)2)15-11-4-6-12(17)7-5-11/h8-9,11-12,15,17H,4-7H2,1-3H3. The smallest absolute Gasteiger partial charge is 0.0541 e. The summed E-state index contributed by atoms with van der Waals surface area (Å²) in [5.41, 5.74) is 2.50. The third kappa shape index (κ3) is 2.87. The lowest BCUT2D eigenvalue weighted by atomic mass is 9.92. The fraction of sp³-hybridized carbons (Fsp3) is 0.769. The van der Waals surface area contributed by atoms with Crippen LogP contribution in [0.1, 0.15) is 49.9 Å². The number of nitrogens with one attached hydrogen (secondary N) is 1. The highest BCUT2D eigenvalue weighted by Crippen LogP contribution is 2.23. The van der Waals surface area contributed by atoms with Gasteiger partial charge in [-0.05, 0) is 39.5 Å². The summed E-state index contributed by atoms with van der Waals surface area (Å²) >= 11 is 0. The van der Waals surface area contributed by atoms with E-state index in [1.165, 1.54) is 11.3 Å². The quantitative estimate of drug-likeness (QED) is 0.841. The molecule has 2 rings (SSSR count). The Bertz CT molecular complexity index is 367. The number of rotatable bonds is 3. The van der Waals surface area contributed by atoms with Gasteiger partial charge in [0.1, 0.15) is 0 Å². The maximum absolute atomic E-state index is 9.48. The van der Waals surface area contributed by atoms with E-state index < -0.39 is 0 Å². The molecule has 96 valence electrons. The molecule has 0 radical (unpaired) electrons. The van der Waals surface area contributed by atoms with Crippen LogP contribution in [0.3, 0.4) is 0 Å². The van der Waals surface area contributed by atoms with Crippen molar-refractivity contribution in [1.29, 1.82) is 0 Å². The molecule has 4 heteroatoms. The van der Waals surface area contributed by atoms with Crippen LogP contribution in [0.5, 0.6) is 0 Å². The lowest BCUT2D eigenvalue weighted by Gasteiger charge is -2.29. The number of aryl methyl sites for hydroxylation is 1. The summed E-state index contributed by atoms with van der Waals surface area (Å²) in [7, 11) is 1.97. The SMILES string of the molecule is Cc1c(C(C)NC2CCC(O)CC2)cnn1C. The first-order valence-corrected chi connectivity index (χ1v) is 6.50. The lowest BCUT2D eigenvalue weighted by molar-refractivity contribution is 0.114. The number of aliphatic hydroxyl groups excluding tert-OH is 1. The van der Waals surface area contributed by atoms with Gasteiger partial charge in [0.15, 0.2) is 0 Å². The van der Waals surface area contributed by atoms with Crippen molar-refractivity contribution < 1.29 is 5.11 Å². The summed E-state index contributed by atoms with van der Waals surface area (Å²) in [6, 6.07) is 0.872. The van der Waals surface area contributed by atoms with Gasteiger partial charge in [0, 0.05) is 30.4 Å². The van der Waals surface area contributed by atoms with Crippen molar-refractivity contribution in [2.45, 2.75) is 57.7 Å². The van der Waals surface area contributed by atoms with Crippen LogP contribution in [0, 0.1) is 6.92 Å². The third-order valence-corrected chi connectivity index (χ3v) is 3.92. The molecule has 0 amide bonds. The van der Waals surface area contributed by atoms with Crippen LogP contribution in [-0.4, -0.2) is 27.0 Å². The van der Waals surface area contributed by atoms with Crippen molar-refractivity contribution in [3.05, 3.63) is 17.5 Å². The highest BCUT2D eigenvalue weighted by Gasteiger charge is 2.22. The van der Waals surface area contributed by atoms with Gasteiger partial charge in [-0.15, -0.1) is 0 Å². The highest BCUT2D eigenvalue weighted by molar-refractivity contribution is 5.19. The molecule has 1 atom stereocenters. The van der Waals surface area contributed by atoms with Gasteiger partial charge in [-0.3, -0.25) is 4.68 Å². The first-order chi connectivity index (χ1) is 8.08. The largest absolute Gasteiger partial charge is 0.393 e. The van der Waals surface area contributed by atoms with E-state index in [4.69, 9.17) is 0 Å².